The normalized spacial score (nSPS) is 20.4. The summed E-state index contributed by atoms with van der Waals surface area (Å²) >= 11 is 2.91. The number of ether oxygens (including phenoxy) is 1. The summed E-state index contributed by atoms with van der Waals surface area (Å²) in [6.07, 6.45) is 2.93. The van der Waals surface area contributed by atoms with Crippen molar-refractivity contribution in [2.45, 2.75) is 61.4 Å². The van der Waals surface area contributed by atoms with Gasteiger partial charge in [-0.25, -0.2) is 4.98 Å². The zero-order chi connectivity index (χ0) is 21.3. The molecule has 2 aliphatic heterocycles. The van der Waals surface area contributed by atoms with Crippen molar-refractivity contribution in [3.63, 3.8) is 0 Å². The third-order valence-electron chi connectivity index (χ3n) is 5.23. The van der Waals surface area contributed by atoms with Crippen LogP contribution in [0.4, 0.5) is 0 Å². The molecular formula is C22H27N3O3S2. The average molecular weight is 446 g/mol. The average Bonchev–Trinajstić information content (AvgIpc) is 3.33. The lowest BCUT2D eigenvalue weighted by Gasteiger charge is -2.15. The Morgan fingerprint density at radius 1 is 1.33 bits per heavy atom. The van der Waals surface area contributed by atoms with E-state index in [9.17, 15) is 9.59 Å². The predicted octanol–water partition coefficient (Wildman–Crippen LogP) is 3.27. The molecule has 1 amide bonds. The highest BCUT2D eigenvalue weighted by atomic mass is 32.2. The molecule has 4 rings (SSSR count). The molecule has 0 unspecified atom stereocenters. The summed E-state index contributed by atoms with van der Waals surface area (Å²) in [5.41, 5.74) is 3.78. The van der Waals surface area contributed by atoms with Crippen LogP contribution in [0.1, 0.15) is 36.6 Å². The topological polar surface area (TPSA) is 73.2 Å². The Hall–Kier alpha value is -1.77. The Morgan fingerprint density at radius 3 is 2.80 bits per heavy atom. The van der Waals surface area contributed by atoms with E-state index in [4.69, 9.17) is 9.72 Å². The number of rotatable bonds is 6. The highest BCUT2D eigenvalue weighted by molar-refractivity contribution is 8.00. The molecule has 2 aromatic rings. The first-order valence-electron chi connectivity index (χ1n) is 10.3. The Morgan fingerprint density at radius 2 is 2.10 bits per heavy atom. The van der Waals surface area contributed by atoms with Gasteiger partial charge < -0.3 is 10.1 Å². The zero-order valence-corrected chi connectivity index (χ0v) is 19.2. The highest BCUT2D eigenvalue weighted by Crippen LogP contribution is 2.35. The maximum atomic E-state index is 13.4. The highest BCUT2D eigenvalue weighted by Gasteiger charge is 2.27. The number of amides is 1. The first kappa shape index (κ1) is 21.5. The van der Waals surface area contributed by atoms with Crippen molar-refractivity contribution in [2.75, 3.05) is 18.9 Å². The van der Waals surface area contributed by atoms with Crippen LogP contribution in [0.2, 0.25) is 0 Å². The number of benzene rings is 1. The van der Waals surface area contributed by atoms with Gasteiger partial charge in [0.25, 0.3) is 5.56 Å². The summed E-state index contributed by atoms with van der Waals surface area (Å²) in [6.45, 7) is 7.45. The summed E-state index contributed by atoms with van der Waals surface area (Å²) in [7, 11) is 0. The first-order valence-corrected chi connectivity index (χ1v) is 12.2. The van der Waals surface area contributed by atoms with E-state index in [1.54, 1.807) is 16.3 Å². The van der Waals surface area contributed by atoms with Crippen LogP contribution in [0.25, 0.3) is 5.69 Å². The third kappa shape index (κ3) is 4.76. The quantitative estimate of drug-likeness (QED) is 0.543. The smallest absolute Gasteiger partial charge is 0.272 e. The molecule has 0 spiro atoms. The Bertz CT molecular complexity index is 995. The van der Waals surface area contributed by atoms with E-state index >= 15 is 0 Å². The number of fused-ring (bicyclic) bond motifs is 1. The van der Waals surface area contributed by atoms with Crippen molar-refractivity contribution in [1.29, 1.82) is 0 Å². The van der Waals surface area contributed by atoms with E-state index in [0.29, 0.717) is 17.0 Å². The number of thioether (sulfide) groups is 2. The van der Waals surface area contributed by atoms with Gasteiger partial charge in [-0.3, -0.25) is 14.2 Å². The van der Waals surface area contributed by atoms with E-state index in [1.165, 1.54) is 11.8 Å². The lowest BCUT2D eigenvalue weighted by Crippen LogP contribution is -2.33. The fourth-order valence-corrected chi connectivity index (χ4v) is 5.87. The molecule has 3 heterocycles. The standard InChI is InChI=1S/C22H27N3O3S2/c1-13-7-14(2)9-16(8-13)25-21(27)20-18(10-15(3)30-20)24-22(25)29-12-19(26)23-11-17-5-4-6-28-17/h7-9,15,17H,4-6,10-12H2,1-3H3,(H,23,26)/t15-,17+/m0/s1. The van der Waals surface area contributed by atoms with Gasteiger partial charge in [-0.1, -0.05) is 24.8 Å². The Kier molecular flexibility index (Phi) is 6.55. The van der Waals surface area contributed by atoms with Gasteiger partial charge in [0.1, 0.15) is 0 Å². The molecule has 160 valence electrons. The lowest BCUT2D eigenvalue weighted by molar-refractivity contribution is -0.119. The van der Waals surface area contributed by atoms with Crippen molar-refractivity contribution >= 4 is 29.4 Å². The van der Waals surface area contributed by atoms with Gasteiger partial charge in [0.2, 0.25) is 5.91 Å². The number of carbonyl (C=O) groups is 1. The Labute approximate surface area is 185 Å². The summed E-state index contributed by atoms with van der Waals surface area (Å²) in [5, 5.41) is 3.85. The zero-order valence-electron chi connectivity index (χ0n) is 17.6. The van der Waals surface area contributed by atoms with Crippen LogP contribution in [-0.2, 0) is 16.0 Å². The number of aryl methyl sites for hydroxylation is 2. The van der Waals surface area contributed by atoms with E-state index in [2.05, 4.69) is 18.3 Å². The number of hydrogen-bond donors (Lipinski definition) is 1. The molecule has 0 aliphatic carbocycles. The van der Waals surface area contributed by atoms with Gasteiger partial charge in [-0.05, 0) is 49.9 Å². The SMILES string of the molecule is Cc1cc(C)cc(-n2c(SCC(=O)NC[C@H]3CCCO3)nc3c(c2=O)S[C@@H](C)C3)c1. The molecule has 1 aromatic carbocycles. The lowest BCUT2D eigenvalue weighted by atomic mass is 10.1. The molecule has 8 heteroatoms. The molecular weight excluding hydrogens is 418 g/mol. The molecule has 2 aliphatic rings. The number of carbonyl (C=O) groups excluding carboxylic acids is 1. The molecule has 0 bridgehead atoms. The largest absolute Gasteiger partial charge is 0.376 e. The number of aromatic nitrogens is 2. The third-order valence-corrected chi connectivity index (χ3v) is 7.38. The van der Waals surface area contributed by atoms with Crippen molar-refractivity contribution < 1.29 is 9.53 Å². The molecule has 0 saturated carbocycles. The van der Waals surface area contributed by atoms with Crippen LogP contribution in [0.3, 0.4) is 0 Å². The van der Waals surface area contributed by atoms with Crippen LogP contribution in [0.5, 0.6) is 0 Å². The fourth-order valence-electron chi connectivity index (χ4n) is 3.92. The van der Waals surface area contributed by atoms with Gasteiger partial charge in [0.05, 0.1) is 28.1 Å². The minimum Gasteiger partial charge on any atom is -0.376 e. The minimum absolute atomic E-state index is 0.0402. The molecule has 1 aromatic heterocycles. The van der Waals surface area contributed by atoms with E-state index in [-0.39, 0.29) is 23.3 Å². The van der Waals surface area contributed by atoms with Gasteiger partial charge in [-0.2, -0.15) is 0 Å². The molecule has 1 fully saturated rings. The van der Waals surface area contributed by atoms with Crippen LogP contribution in [0, 0.1) is 13.8 Å². The maximum Gasteiger partial charge on any atom is 0.272 e. The van der Waals surface area contributed by atoms with Crippen molar-refractivity contribution in [3.05, 3.63) is 45.4 Å². The molecule has 0 radical (unpaired) electrons. The number of hydrogen-bond acceptors (Lipinski definition) is 6. The monoisotopic (exact) mass is 445 g/mol. The second-order valence-corrected chi connectivity index (χ2v) is 10.4. The molecule has 6 nitrogen and oxygen atoms in total. The Balaban J connectivity index is 1.59. The predicted molar refractivity (Wildman–Crippen MR) is 121 cm³/mol. The number of nitrogens with one attached hydrogen (secondary N) is 1. The molecule has 30 heavy (non-hydrogen) atoms. The molecule has 2 atom stereocenters. The van der Waals surface area contributed by atoms with Crippen molar-refractivity contribution in [1.82, 2.24) is 14.9 Å². The van der Waals surface area contributed by atoms with Crippen molar-refractivity contribution in [3.8, 4) is 5.69 Å². The number of nitrogens with zero attached hydrogens (tertiary/aromatic N) is 2. The van der Waals surface area contributed by atoms with Gasteiger partial charge >= 0.3 is 0 Å². The van der Waals surface area contributed by atoms with E-state index in [0.717, 1.165) is 53.3 Å². The van der Waals surface area contributed by atoms with Gasteiger partial charge in [0.15, 0.2) is 5.16 Å². The van der Waals surface area contributed by atoms with Crippen LogP contribution in [0.15, 0.2) is 33.0 Å². The van der Waals surface area contributed by atoms with Crippen molar-refractivity contribution in [2.24, 2.45) is 0 Å². The summed E-state index contributed by atoms with van der Waals surface area (Å²) in [6, 6.07) is 6.07. The van der Waals surface area contributed by atoms with E-state index < -0.39 is 0 Å². The maximum absolute atomic E-state index is 13.4. The van der Waals surface area contributed by atoms with Crippen LogP contribution < -0.4 is 10.9 Å². The second-order valence-electron chi connectivity index (χ2n) is 8.02. The molecule has 1 saturated heterocycles. The van der Waals surface area contributed by atoms with E-state index in [1.807, 2.05) is 26.0 Å². The summed E-state index contributed by atoms with van der Waals surface area (Å²) in [4.78, 5) is 31.3. The fraction of sp³-hybridized carbons (Fsp3) is 0.500. The van der Waals surface area contributed by atoms with Crippen LogP contribution >= 0.6 is 23.5 Å². The van der Waals surface area contributed by atoms with Gasteiger partial charge in [0, 0.05) is 24.8 Å². The molecule has 1 N–H and O–H groups in total. The second kappa shape index (κ2) is 9.16. The summed E-state index contributed by atoms with van der Waals surface area (Å²) in [5.74, 6) is 0.144. The first-order chi connectivity index (χ1) is 14.4. The summed E-state index contributed by atoms with van der Waals surface area (Å²) < 4.78 is 7.23. The van der Waals surface area contributed by atoms with Crippen LogP contribution in [-0.4, -0.2) is 45.7 Å². The van der Waals surface area contributed by atoms with Gasteiger partial charge in [-0.15, -0.1) is 11.8 Å². The minimum atomic E-state index is -0.0695.